The van der Waals surface area contributed by atoms with Gasteiger partial charge in [-0.2, -0.15) is 0 Å². The highest BCUT2D eigenvalue weighted by Crippen LogP contribution is 2.19. The van der Waals surface area contributed by atoms with E-state index < -0.39 is 0 Å². The molecule has 2 aromatic rings. The lowest BCUT2D eigenvalue weighted by Gasteiger charge is -2.36. The fourth-order valence-electron chi connectivity index (χ4n) is 3.43. The number of quaternary nitrogens is 1. The second-order valence-corrected chi connectivity index (χ2v) is 7.35. The zero-order valence-corrected chi connectivity index (χ0v) is 16.6. The van der Waals surface area contributed by atoms with E-state index in [-0.39, 0.29) is 11.9 Å². The van der Waals surface area contributed by atoms with Crippen LogP contribution in [-0.4, -0.2) is 45.2 Å². The summed E-state index contributed by atoms with van der Waals surface area (Å²) >= 11 is 6.10. The molecule has 0 radical (unpaired) electrons. The molecule has 1 aliphatic rings. The fraction of sp³-hybridized carbons (Fsp3) is 0.381. The van der Waals surface area contributed by atoms with Gasteiger partial charge in [-0.3, -0.25) is 4.79 Å². The molecule has 0 saturated carbocycles. The zero-order chi connectivity index (χ0) is 19.2. The van der Waals surface area contributed by atoms with Crippen molar-refractivity contribution < 1.29 is 14.4 Å². The lowest BCUT2D eigenvalue weighted by Crippen LogP contribution is -3.19. The minimum absolute atomic E-state index is 0.0650. The highest BCUT2D eigenvalue weighted by atomic mass is 35.5. The fourth-order valence-corrected chi connectivity index (χ4v) is 3.61. The maximum atomic E-state index is 12.5. The van der Waals surface area contributed by atoms with Crippen molar-refractivity contribution in [3.63, 3.8) is 0 Å². The third-order valence-electron chi connectivity index (χ3n) is 5.21. The van der Waals surface area contributed by atoms with Gasteiger partial charge in [-0.25, -0.2) is 0 Å². The molecule has 0 aromatic heterocycles. The summed E-state index contributed by atoms with van der Waals surface area (Å²) in [4.78, 5) is 16.2. The zero-order valence-electron chi connectivity index (χ0n) is 15.9. The van der Waals surface area contributed by atoms with Gasteiger partial charge in [0.1, 0.15) is 5.75 Å². The van der Waals surface area contributed by atoms with Crippen LogP contribution in [0.3, 0.4) is 0 Å². The van der Waals surface area contributed by atoms with Crippen molar-refractivity contribution in [1.29, 1.82) is 0 Å². The maximum absolute atomic E-state index is 12.5. The molecule has 1 fully saturated rings. The second-order valence-electron chi connectivity index (χ2n) is 6.91. The summed E-state index contributed by atoms with van der Waals surface area (Å²) in [6.45, 7) is 6.26. The Hall–Kier alpha value is -2.24. The van der Waals surface area contributed by atoms with Crippen LogP contribution >= 0.6 is 11.6 Å². The van der Waals surface area contributed by atoms with Gasteiger partial charge >= 0.3 is 0 Å². The molecule has 0 aliphatic carbocycles. The van der Waals surface area contributed by atoms with E-state index in [1.807, 2.05) is 49.4 Å². The molecular formula is C21H27ClN3O2+. The van der Waals surface area contributed by atoms with Gasteiger partial charge in [-0.05, 0) is 42.8 Å². The molecule has 27 heavy (non-hydrogen) atoms. The monoisotopic (exact) mass is 388 g/mol. The minimum Gasteiger partial charge on any atom is -0.497 e. The third kappa shape index (κ3) is 5.15. The van der Waals surface area contributed by atoms with Crippen LogP contribution in [-0.2, 0) is 11.3 Å². The molecule has 1 amide bonds. The number of piperazine rings is 1. The van der Waals surface area contributed by atoms with E-state index in [1.54, 1.807) is 7.11 Å². The van der Waals surface area contributed by atoms with Crippen molar-refractivity contribution in [3.8, 4) is 5.75 Å². The van der Waals surface area contributed by atoms with Gasteiger partial charge in [0, 0.05) is 17.3 Å². The number of rotatable bonds is 6. The Bertz CT molecular complexity index is 758. The van der Waals surface area contributed by atoms with E-state index in [4.69, 9.17) is 16.3 Å². The van der Waals surface area contributed by atoms with E-state index >= 15 is 0 Å². The van der Waals surface area contributed by atoms with E-state index in [1.165, 1.54) is 4.90 Å². The molecule has 0 unspecified atom stereocenters. The predicted molar refractivity (Wildman–Crippen MR) is 109 cm³/mol. The van der Waals surface area contributed by atoms with E-state index in [2.05, 4.69) is 16.3 Å². The standard InChI is InChI=1S/C21H26ClN3O2/c1-16(21(26)23-15-17-6-8-20(27-2)9-7-17)24-10-12-25(13-11-24)19-5-3-4-18(22)14-19/h3-9,14,16H,10-13,15H2,1-2H3,(H,23,26)/p+1/t16-/m1/s1. The number of carbonyl (C=O) groups excluding carboxylic acids is 1. The number of hydrogen-bond donors (Lipinski definition) is 2. The summed E-state index contributed by atoms with van der Waals surface area (Å²) in [6, 6.07) is 15.6. The summed E-state index contributed by atoms with van der Waals surface area (Å²) in [7, 11) is 1.65. The number of carbonyl (C=O) groups is 1. The largest absolute Gasteiger partial charge is 0.497 e. The molecule has 2 N–H and O–H groups in total. The predicted octanol–water partition coefficient (Wildman–Crippen LogP) is 1.76. The van der Waals surface area contributed by atoms with Crippen LogP contribution in [0.4, 0.5) is 5.69 Å². The van der Waals surface area contributed by atoms with Crippen LogP contribution in [0.2, 0.25) is 5.02 Å². The quantitative estimate of drug-likeness (QED) is 0.792. The SMILES string of the molecule is COc1ccc(CNC(=O)[C@@H](C)[NH+]2CCN(c3cccc(Cl)c3)CC2)cc1. The van der Waals surface area contributed by atoms with Crippen molar-refractivity contribution in [2.75, 3.05) is 38.2 Å². The molecular weight excluding hydrogens is 362 g/mol. The average Bonchev–Trinajstić information content (AvgIpc) is 2.72. The summed E-state index contributed by atoms with van der Waals surface area (Å²) in [5.41, 5.74) is 2.22. The third-order valence-corrected chi connectivity index (χ3v) is 5.45. The first-order valence-corrected chi connectivity index (χ1v) is 9.70. The molecule has 0 spiro atoms. The lowest BCUT2D eigenvalue weighted by molar-refractivity contribution is -0.914. The number of ether oxygens (including phenoxy) is 1. The summed E-state index contributed by atoms with van der Waals surface area (Å²) in [5.74, 6) is 0.914. The molecule has 1 heterocycles. The van der Waals surface area contributed by atoms with Crippen molar-refractivity contribution in [2.24, 2.45) is 0 Å². The molecule has 3 rings (SSSR count). The van der Waals surface area contributed by atoms with E-state index in [0.29, 0.717) is 6.54 Å². The topological polar surface area (TPSA) is 46.0 Å². The number of amides is 1. The number of anilines is 1. The normalized spacial score (nSPS) is 16.0. The van der Waals surface area contributed by atoms with Crippen LogP contribution in [0.5, 0.6) is 5.75 Å². The van der Waals surface area contributed by atoms with Crippen LogP contribution < -0.4 is 19.9 Å². The van der Waals surface area contributed by atoms with Gasteiger partial charge in [0.2, 0.25) is 0 Å². The van der Waals surface area contributed by atoms with Gasteiger partial charge in [0.15, 0.2) is 6.04 Å². The first-order chi connectivity index (χ1) is 13.1. The van der Waals surface area contributed by atoms with Gasteiger partial charge in [-0.1, -0.05) is 29.8 Å². The molecule has 2 aromatic carbocycles. The Morgan fingerprint density at radius 1 is 1.22 bits per heavy atom. The Morgan fingerprint density at radius 3 is 2.56 bits per heavy atom. The second kappa shape index (κ2) is 9.11. The Kier molecular flexibility index (Phi) is 6.58. The van der Waals surface area contributed by atoms with Crippen LogP contribution in [0, 0.1) is 0 Å². The van der Waals surface area contributed by atoms with E-state index in [0.717, 1.165) is 48.2 Å². The number of nitrogens with one attached hydrogen (secondary N) is 2. The molecule has 5 nitrogen and oxygen atoms in total. The molecule has 144 valence electrons. The average molecular weight is 389 g/mol. The minimum atomic E-state index is -0.0650. The van der Waals surface area contributed by atoms with Crippen molar-refractivity contribution in [1.82, 2.24) is 5.32 Å². The highest BCUT2D eigenvalue weighted by Gasteiger charge is 2.29. The Labute approximate surface area is 165 Å². The van der Waals surface area contributed by atoms with Crippen LogP contribution in [0.25, 0.3) is 0 Å². The van der Waals surface area contributed by atoms with Crippen molar-refractivity contribution in [2.45, 2.75) is 19.5 Å². The first-order valence-electron chi connectivity index (χ1n) is 9.32. The Balaban J connectivity index is 1.47. The number of nitrogens with zero attached hydrogens (tertiary/aromatic N) is 1. The molecule has 1 aliphatic heterocycles. The number of hydrogen-bond acceptors (Lipinski definition) is 3. The van der Waals surface area contributed by atoms with Gasteiger partial charge < -0.3 is 19.9 Å². The van der Waals surface area contributed by atoms with Crippen LogP contribution in [0.15, 0.2) is 48.5 Å². The maximum Gasteiger partial charge on any atom is 0.278 e. The smallest absolute Gasteiger partial charge is 0.278 e. The molecule has 1 atom stereocenters. The highest BCUT2D eigenvalue weighted by molar-refractivity contribution is 6.30. The lowest BCUT2D eigenvalue weighted by atomic mass is 10.1. The van der Waals surface area contributed by atoms with Crippen LogP contribution in [0.1, 0.15) is 12.5 Å². The van der Waals surface area contributed by atoms with Gasteiger partial charge in [-0.15, -0.1) is 0 Å². The summed E-state index contributed by atoms with van der Waals surface area (Å²) in [5, 5.41) is 3.81. The number of halogens is 1. The van der Waals surface area contributed by atoms with E-state index in [9.17, 15) is 4.79 Å². The van der Waals surface area contributed by atoms with Gasteiger partial charge in [0.25, 0.3) is 5.91 Å². The molecule has 1 saturated heterocycles. The molecule has 0 bridgehead atoms. The van der Waals surface area contributed by atoms with Crippen molar-refractivity contribution >= 4 is 23.2 Å². The summed E-state index contributed by atoms with van der Waals surface area (Å²) in [6.07, 6.45) is 0. The first kappa shape index (κ1) is 19.5. The molecule has 6 heteroatoms. The Morgan fingerprint density at radius 2 is 1.93 bits per heavy atom. The number of methoxy groups -OCH3 is 1. The number of benzene rings is 2. The van der Waals surface area contributed by atoms with Gasteiger partial charge in [0.05, 0.1) is 33.3 Å². The summed E-state index contributed by atoms with van der Waals surface area (Å²) < 4.78 is 5.16. The van der Waals surface area contributed by atoms with Crippen molar-refractivity contribution in [3.05, 3.63) is 59.1 Å².